The van der Waals surface area contributed by atoms with Crippen LogP contribution < -0.4 is 0 Å². The Bertz CT molecular complexity index is 1040. The zero-order valence-corrected chi connectivity index (χ0v) is 17.2. The largest absolute Gasteiger partial charge is 0.333 e. The highest BCUT2D eigenvalue weighted by molar-refractivity contribution is 5.90. The molecule has 2 aliphatic rings. The van der Waals surface area contributed by atoms with Crippen molar-refractivity contribution in [3.05, 3.63) is 65.0 Å². The fourth-order valence-corrected chi connectivity index (χ4v) is 5.33. The van der Waals surface area contributed by atoms with Gasteiger partial charge in [0.25, 0.3) is 0 Å². The molecule has 0 radical (unpaired) electrons. The molecular weight excluding hydrogens is 358 g/mol. The maximum Gasteiger partial charge on any atom is 0.227 e. The minimum atomic E-state index is 0.241. The summed E-state index contributed by atoms with van der Waals surface area (Å²) in [7, 11) is 2.05. The maximum atomic E-state index is 13.5. The van der Waals surface area contributed by atoms with Crippen LogP contribution in [-0.2, 0) is 37.6 Å². The van der Waals surface area contributed by atoms with Crippen molar-refractivity contribution in [1.29, 1.82) is 0 Å². The van der Waals surface area contributed by atoms with Gasteiger partial charge in [0.1, 0.15) is 0 Å². The molecule has 2 aromatic carbocycles. The molecule has 29 heavy (non-hydrogen) atoms. The molecule has 0 spiro atoms. The summed E-state index contributed by atoms with van der Waals surface area (Å²) in [5, 5.41) is 7.20. The van der Waals surface area contributed by atoms with Gasteiger partial charge in [0.2, 0.25) is 5.91 Å². The molecule has 0 aliphatic heterocycles. The lowest BCUT2D eigenvalue weighted by Gasteiger charge is -2.29. The maximum absolute atomic E-state index is 13.5. The van der Waals surface area contributed by atoms with E-state index < -0.39 is 0 Å². The molecular formula is C25H29N3O. The van der Waals surface area contributed by atoms with E-state index in [2.05, 4.69) is 47.4 Å². The second-order valence-corrected chi connectivity index (χ2v) is 8.62. The molecule has 1 saturated carbocycles. The summed E-state index contributed by atoms with van der Waals surface area (Å²) in [5.74, 6) is 0.241. The number of nitrogens with zero attached hydrogens (tertiary/aromatic N) is 3. The summed E-state index contributed by atoms with van der Waals surface area (Å²) in [4.78, 5) is 15.7. The summed E-state index contributed by atoms with van der Waals surface area (Å²) in [6, 6.07) is 15.0. The average molecular weight is 388 g/mol. The van der Waals surface area contributed by atoms with E-state index in [0.717, 1.165) is 36.9 Å². The van der Waals surface area contributed by atoms with Crippen molar-refractivity contribution in [3.8, 4) is 0 Å². The molecule has 1 aromatic heterocycles. The van der Waals surface area contributed by atoms with Crippen LogP contribution in [-0.4, -0.2) is 26.6 Å². The summed E-state index contributed by atoms with van der Waals surface area (Å²) in [5.41, 5.74) is 5.02. The molecule has 1 heterocycles. The molecule has 2 aliphatic carbocycles. The first-order chi connectivity index (χ1) is 14.2. The Morgan fingerprint density at radius 3 is 2.72 bits per heavy atom. The predicted molar refractivity (Wildman–Crippen MR) is 116 cm³/mol. The van der Waals surface area contributed by atoms with Crippen LogP contribution in [0.15, 0.2) is 42.5 Å². The van der Waals surface area contributed by atoms with E-state index >= 15 is 0 Å². The van der Waals surface area contributed by atoms with Crippen molar-refractivity contribution in [2.45, 2.75) is 64.0 Å². The van der Waals surface area contributed by atoms with Crippen LogP contribution >= 0.6 is 0 Å². The Morgan fingerprint density at radius 2 is 1.86 bits per heavy atom. The topological polar surface area (TPSA) is 38.1 Å². The van der Waals surface area contributed by atoms with Crippen LogP contribution in [0.1, 0.15) is 54.6 Å². The number of fused-ring (bicyclic) bond motifs is 2. The SMILES string of the molecule is Cn1nc(CN(C(=O)Cc2cccc3ccccc23)C2CCCC2)c2c1CCC2. The van der Waals surface area contributed by atoms with Gasteiger partial charge in [0.05, 0.1) is 18.7 Å². The summed E-state index contributed by atoms with van der Waals surface area (Å²) >= 11 is 0. The van der Waals surface area contributed by atoms with Gasteiger partial charge in [-0.3, -0.25) is 9.48 Å². The van der Waals surface area contributed by atoms with Gasteiger partial charge in [-0.15, -0.1) is 0 Å². The van der Waals surface area contributed by atoms with Gasteiger partial charge in [0, 0.05) is 18.8 Å². The minimum Gasteiger partial charge on any atom is -0.333 e. The lowest BCUT2D eigenvalue weighted by Crippen LogP contribution is -2.39. The first-order valence-corrected chi connectivity index (χ1v) is 11.0. The molecule has 1 amide bonds. The van der Waals surface area contributed by atoms with Gasteiger partial charge in [-0.25, -0.2) is 0 Å². The van der Waals surface area contributed by atoms with Gasteiger partial charge in [-0.05, 0) is 54.0 Å². The van der Waals surface area contributed by atoms with Crippen molar-refractivity contribution in [1.82, 2.24) is 14.7 Å². The highest BCUT2D eigenvalue weighted by Gasteiger charge is 2.30. The minimum absolute atomic E-state index is 0.241. The van der Waals surface area contributed by atoms with Crippen LogP contribution in [0, 0.1) is 0 Å². The number of benzene rings is 2. The first-order valence-electron chi connectivity index (χ1n) is 11.0. The standard InChI is InChI=1S/C25H29N3O/c1-27-24-15-7-14-22(24)23(26-27)17-28(20-11-3-4-12-20)25(29)16-19-10-6-9-18-8-2-5-13-21(18)19/h2,5-6,8-10,13,20H,3-4,7,11-12,14-17H2,1H3. The number of amides is 1. The van der Waals surface area contributed by atoms with E-state index in [0.29, 0.717) is 19.0 Å². The van der Waals surface area contributed by atoms with E-state index in [1.165, 1.54) is 41.3 Å². The van der Waals surface area contributed by atoms with Gasteiger partial charge in [0.15, 0.2) is 0 Å². The number of hydrogen-bond donors (Lipinski definition) is 0. The molecule has 0 bridgehead atoms. The predicted octanol–water partition coefficient (Wildman–Crippen LogP) is 4.58. The third kappa shape index (κ3) is 3.45. The highest BCUT2D eigenvalue weighted by Crippen LogP contribution is 2.30. The van der Waals surface area contributed by atoms with Gasteiger partial charge < -0.3 is 4.90 Å². The molecule has 0 saturated heterocycles. The molecule has 4 heteroatoms. The van der Waals surface area contributed by atoms with Crippen molar-refractivity contribution >= 4 is 16.7 Å². The Balaban J connectivity index is 1.44. The van der Waals surface area contributed by atoms with Crippen molar-refractivity contribution in [3.63, 3.8) is 0 Å². The fraction of sp³-hybridized carbons (Fsp3) is 0.440. The molecule has 150 valence electrons. The Hall–Kier alpha value is -2.62. The van der Waals surface area contributed by atoms with E-state index in [1.807, 2.05) is 11.7 Å². The van der Waals surface area contributed by atoms with Gasteiger partial charge in [-0.1, -0.05) is 55.3 Å². The summed E-state index contributed by atoms with van der Waals surface area (Å²) in [6.07, 6.45) is 8.59. The van der Waals surface area contributed by atoms with Crippen LogP contribution in [0.5, 0.6) is 0 Å². The molecule has 5 rings (SSSR count). The number of aryl methyl sites for hydroxylation is 1. The van der Waals surface area contributed by atoms with E-state index in [9.17, 15) is 4.79 Å². The Kier molecular flexibility index (Phi) is 4.86. The zero-order valence-electron chi connectivity index (χ0n) is 17.2. The number of carbonyl (C=O) groups excluding carboxylic acids is 1. The lowest BCUT2D eigenvalue weighted by atomic mass is 10.0. The first kappa shape index (κ1) is 18.4. The van der Waals surface area contributed by atoms with Crippen LogP contribution in [0.25, 0.3) is 10.8 Å². The summed E-state index contributed by atoms with van der Waals surface area (Å²) < 4.78 is 2.04. The van der Waals surface area contributed by atoms with E-state index in [-0.39, 0.29) is 5.91 Å². The Morgan fingerprint density at radius 1 is 1.07 bits per heavy atom. The molecule has 4 nitrogen and oxygen atoms in total. The van der Waals surface area contributed by atoms with Crippen molar-refractivity contribution in [2.75, 3.05) is 0 Å². The monoisotopic (exact) mass is 387 g/mol. The third-order valence-corrected chi connectivity index (χ3v) is 6.83. The van der Waals surface area contributed by atoms with Crippen LogP contribution in [0.3, 0.4) is 0 Å². The normalized spacial score (nSPS) is 16.4. The number of rotatable bonds is 5. The molecule has 3 aromatic rings. The van der Waals surface area contributed by atoms with Gasteiger partial charge in [-0.2, -0.15) is 5.10 Å². The third-order valence-electron chi connectivity index (χ3n) is 6.83. The quantitative estimate of drug-likeness (QED) is 0.643. The zero-order chi connectivity index (χ0) is 19.8. The second kappa shape index (κ2) is 7.66. The fourth-order valence-electron chi connectivity index (χ4n) is 5.33. The van der Waals surface area contributed by atoms with Gasteiger partial charge >= 0.3 is 0 Å². The molecule has 0 unspecified atom stereocenters. The lowest BCUT2D eigenvalue weighted by molar-refractivity contribution is -0.133. The number of hydrogen-bond acceptors (Lipinski definition) is 2. The van der Waals surface area contributed by atoms with Crippen molar-refractivity contribution < 1.29 is 4.79 Å². The van der Waals surface area contributed by atoms with Crippen LogP contribution in [0.2, 0.25) is 0 Å². The number of carbonyl (C=O) groups is 1. The van der Waals surface area contributed by atoms with Crippen molar-refractivity contribution in [2.24, 2.45) is 7.05 Å². The van der Waals surface area contributed by atoms with Crippen LogP contribution in [0.4, 0.5) is 0 Å². The summed E-state index contributed by atoms with van der Waals surface area (Å²) in [6.45, 7) is 0.664. The smallest absolute Gasteiger partial charge is 0.227 e. The highest BCUT2D eigenvalue weighted by atomic mass is 16.2. The number of aromatic nitrogens is 2. The molecule has 0 atom stereocenters. The van der Waals surface area contributed by atoms with E-state index in [4.69, 9.17) is 5.10 Å². The second-order valence-electron chi connectivity index (χ2n) is 8.62. The average Bonchev–Trinajstić information content (AvgIpc) is 3.47. The van der Waals surface area contributed by atoms with E-state index in [1.54, 1.807) is 0 Å². The Labute approximate surface area is 172 Å². The molecule has 1 fully saturated rings. The molecule has 0 N–H and O–H groups in total.